The molecule has 0 atom stereocenters. The summed E-state index contributed by atoms with van der Waals surface area (Å²) in [4.78, 5) is 29.8. The Kier molecular flexibility index (Phi) is 5.29. The van der Waals surface area contributed by atoms with E-state index in [1.54, 1.807) is 0 Å². The number of hydrogen-bond donors (Lipinski definition) is 0. The van der Waals surface area contributed by atoms with Crippen LogP contribution in [-0.2, 0) is 17.7 Å². The van der Waals surface area contributed by atoms with E-state index in [0.717, 1.165) is 80.0 Å². The number of hydrogen-bond acceptors (Lipinski definition) is 6. The Labute approximate surface area is 177 Å². The summed E-state index contributed by atoms with van der Waals surface area (Å²) in [6, 6.07) is 7.83. The van der Waals surface area contributed by atoms with Crippen LogP contribution >= 0.6 is 0 Å². The molecule has 0 N–H and O–H groups in total. The van der Waals surface area contributed by atoms with Crippen molar-refractivity contribution in [3.8, 4) is 0 Å². The summed E-state index contributed by atoms with van der Waals surface area (Å²) in [7, 11) is 0. The molecule has 1 aromatic heterocycles. The van der Waals surface area contributed by atoms with E-state index < -0.39 is 0 Å². The Morgan fingerprint density at radius 1 is 0.967 bits per heavy atom. The highest BCUT2D eigenvalue weighted by Crippen LogP contribution is 2.32. The summed E-state index contributed by atoms with van der Waals surface area (Å²) in [6.07, 6.45) is 3.16. The first-order chi connectivity index (χ1) is 14.7. The van der Waals surface area contributed by atoms with Crippen molar-refractivity contribution in [3.05, 3.63) is 46.6 Å². The first-order valence-corrected chi connectivity index (χ1v) is 11.0. The zero-order chi connectivity index (χ0) is 20.5. The van der Waals surface area contributed by atoms with Gasteiger partial charge in [-0.2, -0.15) is 4.98 Å². The fraction of sp³-hybridized carbons (Fsp3) is 0.522. The lowest BCUT2D eigenvalue weighted by atomic mass is 10.0. The highest BCUT2D eigenvalue weighted by Gasteiger charge is 2.30. The zero-order valence-electron chi connectivity index (χ0n) is 17.6. The average Bonchev–Trinajstić information content (AvgIpc) is 3.33. The lowest BCUT2D eigenvalue weighted by Gasteiger charge is -2.34. The van der Waals surface area contributed by atoms with Gasteiger partial charge >= 0.3 is 0 Å². The third-order valence-corrected chi connectivity index (χ3v) is 6.39. The van der Waals surface area contributed by atoms with Crippen molar-refractivity contribution >= 4 is 17.7 Å². The highest BCUT2D eigenvalue weighted by molar-refractivity contribution is 5.95. The number of aryl methyl sites for hydroxylation is 1. The van der Waals surface area contributed by atoms with Crippen molar-refractivity contribution in [2.75, 3.05) is 55.7 Å². The summed E-state index contributed by atoms with van der Waals surface area (Å²) in [5, 5.41) is 0. The number of benzene rings is 1. The van der Waals surface area contributed by atoms with Crippen molar-refractivity contribution in [1.29, 1.82) is 0 Å². The Balaban J connectivity index is 1.48. The highest BCUT2D eigenvalue weighted by atomic mass is 16.5. The maximum atomic E-state index is 13.2. The number of carbonyl (C=O) groups is 1. The fourth-order valence-electron chi connectivity index (χ4n) is 4.64. The SMILES string of the molecule is Cc1ccccc1C(=O)N1CCc2nc(N3CCOCC3)nc(N3CCCC3)c2C1. The van der Waals surface area contributed by atoms with Crippen molar-refractivity contribution in [1.82, 2.24) is 14.9 Å². The minimum absolute atomic E-state index is 0.100. The monoisotopic (exact) mass is 407 g/mol. The third kappa shape index (κ3) is 3.62. The average molecular weight is 408 g/mol. The number of morpholine rings is 1. The Bertz CT molecular complexity index is 935. The summed E-state index contributed by atoms with van der Waals surface area (Å²) in [6.45, 7) is 8.42. The standard InChI is InChI=1S/C23H29N5O2/c1-17-6-2-3-7-18(17)22(29)28-11-8-20-19(16-28)21(26-9-4-5-10-26)25-23(24-20)27-12-14-30-15-13-27/h2-3,6-7H,4-5,8-16H2,1H3. The van der Waals surface area contributed by atoms with Crippen molar-refractivity contribution in [2.45, 2.75) is 32.7 Å². The van der Waals surface area contributed by atoms with Crippen LogP contribution in [0.1, 0.15) is 40.0 Å². The molecule has 7 nitrogen and oxygen atoms in total. The lowest BCUT2D eigenvalue weighted by Crippen LogP contribution is -2.40. The molecule has 0 spiro atoms. The number of aromatic nitrogens is 2. The van der Waals surface area contributed by atoms with Crippen molar-refractivity contribution in [3.63, 3.8) is 0 Å². The second-order valence-corrected chi connectivity index (χ2v) is 8.36. The predicted octanol–water partition coefficient (Wildman–Crippen LogP) is 2.42. The van der Waals surface area contributed by atoms with Crippen LogP contribution in [0.5, 0.6) is 0 Å². The summed E-state index contributed by atoms with van der Waals surface area (Å²) < 4.78 is 5.50. The van der Waals surface area contributed by atoms with E-state index in [1.165, 1.54) is 12.8 Å². The largest absolute Gasteiger partial charge is 0.378 e. The van der Waals surface area contributed by atoms with E-state index >= 15 is 0 Å². The molecule has 2 fully saturated rings. The van der Waals surface area contributed by atoms with Gasteiger partial charge in [-0.1, -0.05) is 18.2 Å². The second kappa shape index (κ2) is 8.22. The number of fused-ring (bicyclic) bond motifs is 1. The van der Waals surface area contributed by atoms with Gasteiger partial charge in [-0.15, -0.1) is 0 Å². The number of anilines is 2. The van der Waals surface area contributed by atoms with Gasteiger partial charge in [-0.25, -0.2) is 4.98 Å². The molecule has 0 saturated carbocycles. The number of carbonyl (C=O) groups excluding carboxylic acids is 1. The van der Waals surface area contributed by atoms with Crippen LogP contribution in [0, 0.1) is 6.92 Å². The summed E-state index contributed by atoms with van der Waals surface area (Å²) in [5.41, 5.74) is 4.03. The van der Waals surface area contributed by atoms with Gasteiger partial charge in [0.05, 0.1) is 25.5 Å². The molecule has 0 bridgehead atoms. The molecule has 2 aromatic rings. The van der Waals surface area contributed by atoms with Crippen LogP contribution < -0.4 is 9.80 Å². The molecule has 2 saturated heterocycles. The third-order valence-electron chi connectivity index (χ3n) is 6.39. The molecule has 0 radical (unpaired) electrons. The predicted molar refractivity (Wildman–Crippen MR) is 116 cm³/mol. The van der Waals surface area contributed by atoms with E-state index in [1.807, 2.05) is 36.1 Å². The Morgan fingerprint density at radius 3 is 2.50 bits per heavy atom. The molecule has 7 heteroatoms. The molecule has 1 amide bonds. The van der Waals surface area contributed by atoms with Gasteiger partial charge in [0.2, 0.25) is 5.95 Å². The molecular formula is C23H29N5O2. The van der Waals surface area contributed by atoms with Crippen molar-refractivity contribution in [2.24, 2.45) is 0 Å². The minimum Gasteiger partial charge on any atom is -0.378 e. The number of ether oxygens (including phenoxy) is 1. The Hall–Kier alpha value is -2.67. The van der Waals surface area contributed by atoms with E-state index in [-0.39, 0.29) is 5.91 Å². The maximum absolute atomic E-state index is 13.2. The van der Waals surface area contributed by atoms with Crippen LogP contribution in [0.25, 0.3) is 0 Å². The molecule has 3 aliphatic rings. The first-order valence-electron chi connectivity index (χ1n) is 11.0. The molecule has 158 valence electrons. The normalized spacial score (nSPS) is 19.2. The number of amides is 1. The molecule has 0 unspecified atom stereocenters. The van der Waals surface area contributed by atoms with Gasteiger partial charge in [-0.3, -0.25) is 4.79 Å². The second-order valence-electron chi connectivity index (χ2n) is 8.36. The van der Waals surface area contributed by atoms with Gasteiger partial charge in [0, 0.05) is 50.3 Å². The first kappa shape index (κ1) is 19.3. The van der Waals surface area contributed by atoms with E-state index in [0.29, 0.717) is 13.1 Å². The van der Waals surface area contributed by atoms with Crippen LogP contribution in [0.4, 0.5) is 11.8 Å². The van der Waals surface area contributed by atoms with Crippen LogP contribution in [-0.4, -0.2) is 66.7 Å². The van der Waals surface area contributed by atoms with Crippen LogP contribution in [0.2, 0.25) is 0 Å². The summed E-state index contributed by atoms with van der Waals surface area (Å²) in [5.74, 6) is 1.95. The molecule has 30 heavy (non-hydrogen) atoms. The minimum atomic E-state index is 0.100. The van der Waals surface area contributed by atoms with E-state index in [9.17, 15) is 4.79 Å². The van der Waals surface area contributed by atoms with Gasteiger partial charge in [0.1, 0.15) is 5.82 Å². The molecule has 5 rings (SSSR count). The van der Waals surface area contributed by atoms with Gasteiger partial charge in [0.25, 0.3) is 5.91 Å². The molecular weight excluding hydrogens is 378 g/mol. The van der Waals surface area contributed by atoms with Gasteiger partial charge in [-0.05, 0) is 31.4 Å². The quantitative estimate of drug-likeness (QED) is 0.779. The number of nitrogens with zero attached hydrogens (tertiary/aromatic N) is 5. The van der Waals surface area contributed by atoms with E-state index in [4.69, 9.17) is 14.7 Å². The van der Waals surface area contributed by atoms with Gasteiger partial charge in [0.15, 0.2) is 0 Å². The van der Waals surface area contributed by atoms with Crippen LogP contribution in [0.15, 0.2) is 24.3 Å². The van der Waals surface area contributed by atoms with E-state index in [2.05, 4.69) is 9.80 Å². The van der Waals surface area contributed by atoms with Crippen molar-refractivity contribution < 1.29 is 9.53 Å². The maximum Gasteiger partial charge on any atom is 0.254 e. The molecule has 3 aliphatic heterocycles. The molecule has 4 heterocycles. The molecule has 1 aromatic carbocycles. The fourth-order valence-corrected chi connectivity index (χ4v) is 4.64. The zero-order valence-corrected chi connectivity index (χ0v) is 17.6. The lowest BCUT2D eigenvalue weighted by molar-refractivity contribution is 0.0732. The number of rotatable bonds is 3. The topological polar surface area (TPSA) is 61.8 Å². The Morgan fingerprint density at radius 2 is 1.73 bits per heavy atom. The molecule has 0 aliphatic carbocycles. The smallest absolute Gasteiger partial charge is 0.254 e. The van der Waals surface area contributed by atoms with Gasteiger partial charge < -0.3 is 19.4 Å². The summed E-state index contributed by atoms with van der Waals surface area (Å²) >= 11 is 0. The van der Waals surface area contributed by atoms with Crippen LogP contribution in [0.3, 0.4) is 0 Å².